The van der Waals surface area contributed by atoms with E-state index in [0.717, 1.165) is 12.1 Å². The number of aliphatic imine (C=N–C) groups is 1. The quantitative estimate of drug-likeness (QED) is 0.462. The molecule has 1 heterocycles. The van der Waals surface area contributed by atoms with Crippen molar-refractivity contribution in [2.45, 2.75) is 13.0 Å². The Hall–Kier alpha value is -0.790. The Kier molecular flexibility index (Phi) is 1.33. The fourth-order valence-electron chi connectivity index (χ4n) is 0.570. The highest BCUT2D eigenvalue weighted by Gasteiger charge is 2.11. The van der Waals surface area contributed by atoms with Crippen molar-refractivity contribution in [3.8, 4) is 0 Å². The summed E-state index contributed by atoms with van der Waals surface area (Å²) in [5.74, 6) is 0. The van der Waals surface area contributed by atoms with Gasteiger partial charge in [-0.3, -0.25) is 4.99 Å². The van der Waals surface area contributed by atoms with E-state index in [9.17, 15) is 0 Å². The molecular weight excluding hydrogens is 102 g/mol. The zero-order valence-corrected chi connectivity index (χ0v) is 4.92. The third kappa shape index (κ3) is 0.886. The molecule has 0 aromatic rings. The monoisotopic (exact) mass is 111 g/mol. The maximum atomic E-state index is 5.02. The molecule has 0 aromatic heterocycles. The maximum absolute atomic E-state index is 5.02. The van der Waals surface area contributed by atoms with Crippen molar-refractivity contribution in [3.63, 3.8) is 0 Å². The molecule has 0 aromatic carbocycles. The summed E-state index contributed by atoms with van der Waals surface area (Å²) in [6, 6.07) is 0. The Morgan fingerprint density at radius 3 is 3.00 bits per heavy atom. The van der Waals surface area contributed by atoms with Crippen LogP contribution < -0.4 is 0 Å². The van der Waals surface area contributed by atoms with Crippen molar-refractivity contribution >= 4 is 6.40 Å². The SMILES string of the molecule is C=C(C)C1CN=CO1. The molecule has 0 fully saturated rings. The summed E-state index contributed by atoms with van der Waals surface area (Å²) >= 11 is 0. The highest BCUT2D eigenvalue weighted by molar-refractivity contribution is 5.49. The van der Waals surface area contributed by atoms with Crippen LogP contribution in [0.3, 0.4) is 0 Å². The molecule has 0 radical (unpaired) electrons. The van der Waals surface area contributed by atoms with E-state index in [1.165, 1.54) is 6.40 Å². The molecule has 44 valence electrons. The molecule has 0 amide bonds. The first-order valence-electron chi connectivity index (χ1n) is 2.60. The van der Waals surface area contributed by atoms with Gasteiger partial charge in [-0.15, -0.1) is 0 Å². The molecule has 0 N–H and O–H groups in total. The van der Waals surface area contributed by atoms with Crippen LogP contribution in [0.4, 0.5) is 0 Å². The summed E-state index contributed by atoms with van der Waals surface area (Å²) in [6.45, 7) is 6.42. The number of nitrogens with zero attached hydrogens (tertiary/aromatic N) is 1. The van der Waals surface area contributed by atoms with Crippen LogP contribution in [0.5, 0.6) is 0 Å². The molecule has 0 bridgehead atoms. The van der Waals surface area contributed by atoms with Gasteiger partial charge in [0.1, 0.15) is 6.10 Å². The first-order chi connectivity index (χ1) is 3.80. The van der Waals surface area contributed by atoms with E-state index in [1.54, 1.807) is 0 Å². The molecule has 0 aliphatic carbocycles. The van der Waals surface area contributed by atoms with Gasteiger partial charge in [0.25, 0.3) is 0 Å². The van der Waals surface area contributed by atoms with Gasteiger partial charge in [-0.25, -0.2) is 0 Å². The third-order valence-electron chi connectivity index (χ3n) is 1.12. The van der Waals surface area contributed by atoms with Gasteiger partial charge in [0.05, 0.1) is 6.54 Å². The van der Waals surface area contributed by atoms with Gasteiger partial charge in [0, 0.05) is 0 Å². The van der Waals surface area contributed by atoms with E-state index >= 15 is 0 Å². The van der Waals surface area contributed by atoms with Crippen LogP contribution in [-0.2, 0) is 4.74 Å². The highest BCUT2D eigenvalue weighted by Crippen LogP contribution is 2.06. The average molecular weight is 111 g/mol. The third-order valence-corrected chi connectivity index (χ3v) is 1.12. The van der Waals surface area contributed by atoms with E-state index in [2.05, 4.69) is 11.6 Å². The van der Waals surface area contributed by atoms with Crippen LogP contribution in [0, 0.1) is 0 Å². The number of hydrogen-bond donors (Lipinski definition) is 0. The second-order valence-corrected chi connectivity index (χ2v) is 1.94. The number of rotatable bonds is 1. The molecule has 1 atom stereocenters. The highest BCUT2D eigenvalue weighted by atomic mass is 16.5. The van der Waals surface area contributed by atoms with Crippen LogP contribution in [0.25, 0.3) is 0 Å². The van der Waals surface area contributed by atoms with Crippen molar-refractivity contribution in [2.24, 2.45) is 4.99 Å². The average Bonchev–Trinajstić information content (AvgIpc) is 2.12. The summed E-state index contributed by atoms with van der Waals surface area (Å²) in [7, 11) is 0. The molecule has 1 aliphatic rings. The largest absolute Gasteiger partial charge is 0.474 e. The summed E-state index contributed by atoms with van der Waals surface area (Å²) in [5, 5.41) is 0. The van der Waals surface area contributed by atoms with Crippen molar-refractivity contribution in [2.75, 3.05) is 6.54 Å². The van der Waals surface area contributed by atoms with Crippen LogP contribution in [-0.4, -0.2) is 19.0 Å². The second kappa shape index (κ2) is 1.99. The fraction of sp³-hybridized carbons (Fsp3) is 0.500. The predicted octanol–water partition coefficient (Wildman–Crippen LogP) is 0.990. The zero-order chi connectivity index (χ0) is 5.98. The fourth-order valence-corrected chi connectivity index (χ4v) is 0.570. The van der Waals surface area contributed by atoms with E-state index in [1.807, 2.05) is 6.92 Å². The molecule has 2 nitrogen and oxygen atoms in total. The van der Waals surface area contributed by atoms with Crippen molar-refractivity contribution in [1.29, 1.82) is 0 Å². The smallest absolute Gasteiger partial charge is 0.170 e. The molecule has 2 heteroatoms. The second-order valence-electron chi connectivity index (χ2n) is 1.94. The summed E-state index contributed by atoms with van der Waals surface area (Å²) in [4.78, 5) is 3.88. The maximum Gasteiger partial charge on any atom is 0.170 e. The molecule has 1 unspecified atom stereocenters. The minimum Gasteiger partial charge on any atom is -0.474 e. The first kappa shape index (κ1) is 5.35. The van der Waals surface area contributed by atoms with Crippen molar-refractivity contribution in [3.05, 3.63) is 12.2 Å². The van der Waals surface area contributed by atoms with E-state index in [-0.39, 0.29) is 6.10 Å². The van der Waals surface area contributed by atoms with Crippen molar-refractivity contribution in [1.82, 2.24) is 0 Å². The molecule has 0 spiro atoms. The van der Waals surface area contributed by atoms with Crippen LogP contribution >= 0.6 is 0 Å². The summed E-state index contributed by atoms with van der Waals surface area (Å²) < 4.78 is 5.02. The minimum absolute atomic E-state index is 0.148. The van der Waals surface area contributed by atoms with Gasteiger partial charge < -0.3 is 4.74 Å². The number of ether oxygens (including phenoxy) is 1. The van der Waals surface area contributed by atoms with E-state index in [4.69, 9.17) is 4.74 Å². The minimum atomic E-state index is 0.148. The standard InChI is InChI=1S/C6H9NO/c1-5(2)6-3-7-4-8-6/h4,6H,1,3H2,2H3. The predicted molar refractivity (Wildman–Crippen MR) is 33.0 cm³/mol. The van der Waals surface area contributed by atoms with Gasteiger partial charge in [-0.1, -0.05) is 6.58 Å². The Balaban J connectivity index is 2.41. The lowest BCUT2D eigenvalue weighted by molar-refractivity contribution is 0.273. The van der Waals surface area contributed by atoms with E-state index in [0.29, 0.717) is 0 Å². The topological polar surface area (TPSA) is 21.6 Å². The van der Waals surface area contributed by atoms with Gasteiger partial charge >= 0.3 is 0 Å². The van der Waals surface area contributed by atoms with Crippen LogP contribution in [0.1, 0.15) is 6.92 Å². The Bertz CT molecular complexity index is 120. The first-order valence-corrected chi connectivity index (χ1v) is 2.60. The lowest BCUT2D eigenvalue weighted by atomic mass is 10.2. The Morgan fingerprint density at radius 1 is 2.00 bits per heavy atom. The van der Waals surface area contributed by atoms with Gasteiger partial charge in [-0.2, -0.15) is 0 Å². The van der Waals surface area contributed by atoms with Gasteiger partial charge in [-0.05, 0) is 12.5 Å². The molecule has 8 heavy (non-hydrogen) atoms. The number of hydrogen-bond acceptors (Lipinski definition) is 2. The lowest BCUT2D eigenvalue weighted by Crippen LogP contribution is -2.09. The summed E-state index contributed by atoms with van der Waals surface area (Å²) in [5.41, 5.74) is 1.04. The molecule has 1 rings (SSSR count). The molecule has 0 saturated heterocycles. The van der Waals surface area contributed by atoms with Crippen molar-refractivity contribution < 1.29 is 4.74 Å². The van der Waals surface area contributed by atoms with E-state index < -0.39 is 0 Å². The van der Waals surface area contributed by atoms with Gasteiger partial charge in [0.2, 0.25) is 0 Å². The Labute approximate surface area is 48.9 Å². The summed E-state index contributed by atoms with van der Waals surface area (Å²) in [6.07, 6.45) is 1.63. The van der Waals surface area contributed by atoms with Crippen LogP contribution in [0.15, 0.2) is 17.1 Å². The normalized spacial score (nSPS) is 25.4. The Morgan fingerprint density at radius 2 is 2.75 bits per heavy atom. The lowest BCUT2D eigenvalue weighted by Gasteiger charge is -2.05. The molecule has 0 saturated carbocycles. The molecule has 1 aliphatic heterocycles. The van der Waals surface area contributed by atoms with Gasteiger partial charge in [0.15, 0.2) is 6.40 Å². The van der Waals surface area contributed by atoms with Crippen LogP contribution in [0.2, 0.25) is 0 Å². The molecular formula is C6H9NO. The zero-order valence-electron chi connectivity index (χ0n) is 4.92.